The van der Waals surface area contributed by atoms with Crippen molar-refractivity contribution in [3.63, 3.8) is 0 Å². The maximum atomic E-state index is 14.6. The molecule has 1 aliphatic heterocycles. The van der Waals surface area contributed by atoms with Crippen LogP contribution in [0.1, 0.15) is 48.7 Å². The Labute approximate surface area is 196 Å². The van der Waals surface area contributed by atoms with Gasteiger partial charge in [0, 0.05) is 17.1 Å². The zero-order chi connectivity index (χ0) is 24.1. The lowest BCUT2D eigenvalue weighted by molar-refractivity contribution is -0.124. The number of amides is 2. The number of rotatable bonds is 8. The molecule has 33 heavy (non-hydrogen) atoms. The molecule has 0 saturated carbocycles. The lowest BCUT2D eigenvalue weighted by Crippen LogP contribution is -2.51. The van der Waals surface area contributed by atoms with Gasteiger partial charge in [0.25, 0.3) is 5.91 Å². The van der Waals surface area contributed by atoms with Crippen LogP contribution >= 0.6 is 11.6 Å². The molecule has 3 rings (SSSR count). The summed E-state index contributed by atoms with van der Waals surface area (Å²) in [6.07, 6.45) is 1.91. The first-order valence-corrected chi connectivity index (χ1v) is 11.3. The molecule has 2 N–H and O–H groups in total. The van der Waals surface area contributed by atoms with Crippen LogP contribution in [0, 0.1) is 23.4 Å². The maximum absolute atomic E-state index is 14.6. The Morgan fingerprint density at radius 2 is 1.58 bits per heavy atom. The van der Waals surface area contributed by atoms with E-state index in [0.717, 1.165) is 44.1 Å². The van der Waals surface area contributed by atoms with Gasteiger partial charge in [-0.1, -0.05) is 37.6 Å². The van der Waals surface area contributed by atoms with Crippen LogP contribution in [-0.4, -0.2) is 42.4 Å². The molecule has 0 aromatic heterocycles. The van der Waals surface area contributed by atoms with Crippen LogP contribution in [0.4, 0.5) is 13.2 Å². The summed E-state index contributed by atoms with van der Waals surface area (Å²) in [5.74, 6) is -4.42. The van der Waals surface area contributed by atoms with Gasteiger partial charge in [-0.2, -0.15) is 0 Å². The van der Waals surface area contributed by atoms with Crippen molar-refractivity contribution in [2.75, 3.05) is 19.6 Å². The molecule has 2 aromatic rings. The summed E-state index contributed by atoms with van der Waals surface area (Å²) in [5, 5.41) is 5.47. The molecule has 1 saturated heterocycles. The molecule has 1 aliphatic rings. The number of carbonyl (C=O) groups excluding carboxylic acids is 2. The molecule has 1 fully saturated rings. The summed E-state index contributed by atoms with van der Waals surface area (Å²) >= 11 is 6.29. The van der Waals surface area contributed by atoms with Gasteiger partial charge in [-0.3, -0.25) is 14.5 Å². The third-order valence-electron chi connectivity index (χ3n) is 5.81. The quantitative estimate of drug-likeness (QED) is 0.585. The minimum absolute atomic E-state index is 0.0621. The molecule has 0 radical (unpaired) electrons. The Morgan fingerprint density at radius 1 is 1.00 bits per heavy atom. The summed E-state index contributed by atoms with van der Waals surface area (Å²) < 4.78 is 42.6. The largest absolute Gasteiger partial charge is 0.352 e. The molecule has 0 spiro atoms. The molecular weight excluding hydrogens is 455 g/mol. The number of halogens is 4. The van der Waals surface area contributed by atoms with Crippen molar-refractivity contribution < 1.29 is 22.8 Å². The van der Waals surface area contributed by atoms with Crippen molar-refractivity contribution in [2.45, 2.75) is 38.8 Å². The molecule has 0 bridgehead atoms. The van der Waals surface area contributed by atoms with Gasteiger partial charge in [-0.25, -0.2) is 13.2 Å². The van der Waals surface area contributed by atoms with Crippen molar-refractivity contribution in [1.82, 2.24) is 15.5 Å². The number of nitrogens with zero attached hydrogens (tertiary/aromatic N) is 1. The third-order valence-corrected chi connectivity index (χ3v) is 6.14. The standard InChI is InChI=1S/C24H27ClF3N3O2/c1-14(2)22(30-23(32)21-17(27)9-6-10-18(21)28)24(33)29-13-19(31-11-3-4-12-31)20-15(25)7-5-8-16(20)26/h5-10,14,19,22H,3-4,11-13H2,1-2H3,(H,29,33)(H,30,32)/t19?,22-/m0/s1. The van der Waals surface area contributed by atoms with Gasteiger partial charge >= 0.3 is 0 Å². The van der Waals surface area contributed by atoms with Gasteiger partial charge in [0.2, 0.25) is 5.91 Å². The van der Waals surface area contributed by atoms with Gasteiger partial charge in [-0.15, -0.1) is 0 Å². The normalized spacial score (nSPS) is 16.0. The van der Waals surface area contributed by atoms with Crippen LogP contribution in [0.25, 0.3) is 0 Å². The Bertz CT molecular complexity index is 972. The fourth-order valence-electron chi connectivity index (χ4n) is 4.07. The van der Waals surface area contributed by atoms with E-state index in [1.165, 1.54) is 12.1 Å². The average Bonchev–Trinajstić information content (AvgIpc) is 3.28. The smallest absolute Gasteiger partial charge is 0.257 e. The van der Waals surface area contributed by atoms with E-state index in [1.807, 2.05) is 0 Å². The van der Waals surface area contributed by atoms with E-state index in [1.54, 1.807) is 19.9 Å². The Kier molecular flexibility index (Phi) is 8.37. The predicted molar refractivity (Wildman–Crippen MR) is 120 cm³/mol. The van der Waals surface area contributed by atoms with E-state index < -0.39 is 46.9 Å². The number of carbonyl (C=O) groups is 2. The highest BCUT2D eigenvalue weighted by Gasteiger charge is 2.31. The summed E-state index contributed by atoms with van der Waals surface area (Å²) in [7, 11) is 0. The van der Waals surface area contributed by atoms with Gasteiger partial charge in [0.15, 0.2) is 0 Å². The van der Waals surface area contributed by atoms with Crippen LogP contribution in [0.5, 0.6) is 0 Å². The van der Waals surface area contributed by atoms with Crippen LogP contribution in [0.3, 0.4) is 0 Å². The zero-order valence-electron chi connectivity index (χ0n) is 18.5. The third kappa shape index (κ3) is 5.86. The van der Waals surface area contributed by atoms with Crippen LogP contribution in [-0.2, 0) is 4.79 Å². The van der Waals surface area contributed by atoms with Gasteiger partial charge < -0.3 is 10.6 Å². The van der Waals surface area contributed by atoms with Gasteiger partial charge in [0.1, 0.15) is 29.1 Å². The van der Waals surface area contributed by atoms with Crippen LogP contribution in [0.2, 0.25) is 5.02 Å². The van der Waals surface area contributed by atoms with E-state index in [4.69, 9.17) is 11.6 Å². The molecule has 5 nitrogen and oxygen atoms in total. The summed E-state index contributed by atoms with van der Waals surface area (Å²) in [6.45, 7) is 4.94. The molecular formula is C24H27ClF3N3O2. The molecule has 2 atom stereocenters. The van der Waals surface area contributed by atoms with E-state index in [0.29, 0.717) is 5.56 Å². The van der Waals surface area contributed by atoms with Crippen molar-refractivity contribution >= 4 is 23.4 Å². The summed E-state index contributed by atoms with van der Waals surface area (Å²) in [4.78, 5) is 27.6. The van der Waals surface area contributed by atoms with Crippen LogP contribution < -0.4 is 10.6 Å². The molecule has 9 heteroatoms. The Balaban J connectivity index is 1.76. The molecule has 178 valence electrons. The highest BCUT2D eigenvalue weighted by molar-refractivity contribution is 6.31. The van der Waals surface area contributed by atoms with Gasteiger partial charge in [-0.05, 0) is 56.1 Å². The SMILES string of the molecule is CC(C)[C@H](NC(=O)c1c(F)cccc1F)C(=O)NCC(c1c(F)cccc1Cl)N1CCCC1. The topological polar surface area (TPSA) is 61.4 Å². The van der Waals surface area contributed by atoms with E-state index >= 15 is 0 Å². The Hall–Kier alpha value is -2.58. The second-order valence-corrected chi connectivity index (χ2v) is 8.84. The fourth-order valence-corrected chi connectivity index (χ4v) is 4.36. The summed E-state index contributed by atoms with van der Waals surface area (Å²) in [5.41, 5.74) is -0.441. The number of nitrogens with one attached hydrogen (secondary N) is 2. The maximum Gasteiger partial charge on any atom is 0.257 e. The van der Waals surface area contributed by atoms with Crippen molar-refractivity contribution in [3.8, 4) is 0 Å². The van der Waals surface area contributed by atoms with Gasteiger partial charge in [0.05, 0.1) is 6.04 Å². The molecule has 0 aliphatic carbocycles. The van der Waals surface area contributed by atoms with Crippen molar-refractivity contribution in [1.29, 1.82) is 0 Å². The highest BCUT2D eigenvalue weighted by atomic mass is 35.5. The number of hydrogen-bond acceptors (Lipinski definition) is 3. The predicted octanol–water partition coefficient (Wildman–Crippen LogP) is 4.47. The second kappa shape index (κ2) is 11.0. The molecule has 2 aromatic carbocycles. The van der Waals surface area contributed by atoms with Crippen molar-refractivity contribution in [3.05, 3.63) is 70.0 Å². The first kappa shape index (κ1) is 25.1. The zero-order valence-corrected chi connectivity index (χ0v) is 19.3. The van der Waals surface area contributed by atoms with E-state index in [9.17, 15) is 22.8 Å². The second-order valence-electron chi connectivity index (χ2n) is 8.43. The lowest BCUT2D eigenvalue weighted by Gasteiger charge is -2.30. The number of benzene rings is 2. The highest BCUT2D eigenvalue weighted by Crippen LogP contribution is 2.32. The summed E-state index contributed by atoms with van der Waals surface area (Å²) in [6, 6.07) is 6.01. The van der Waals surface area contributed by atoms with Crippen LogP contribution in [0.15, 0.2) is 36.4 Å². The van der Waals surface area contributed by atoms with Crippen molar-refractivity contribution in [2.24, 2.45) is 5.92 Å². The lowest BCUT2D eigenvalue weighted by atomic mass is 10.0. The Morgan fingerprint density at radius 3 is 2.15 bits per heavy atom. The first-order chi connectivity index (χ1) is 15.7. The number of hydrogen-bond donors (Lipinski definition) is 2. The monoisotopic (exact) mass is 481 g/mol. The van der Waals surface area contributed by atoms with E-state index in [2.05, 4.69) is 15.5 Å². The molecule has 2 amide bonds. The fraction of sp³-hybridized carbons (Fsp3) is 0.417. The first-order valence-electron chi connectivity index (χ1n) is 10.9. The average molecular weight is 482 g/mol. The molecule has 1 heterocycles. The minimum Gasteiger partial charge on any atom is -0.352 e. The molecule has 1 unspecified atom stereocenters. The minimum atomic E-state index is -1.05. The number of likely N-dealkylation sites (tertiary alicyclic amines) is 1. The van der Waals surface area contributed by atoms with E-state index in [-0.39, 0.29) is 17.5 Å².